The third-order valence-corrected chi connectivity index (χ3v) is 5.80. The molecule has 1 aliphatic heterocycles. The van der Waals surface area contributed by atoms with Gasteiger partial charge in [-0.3, -0.25) is 4.79 Å². The minimum atomic E-state index is -3.81. The van der Waals surface area contributed by atoms with Gasteiger partial charge in [-0.05, 0) is 30.3 Å². The Labute approximate surface area is 174 Å². The first-order valence-corrected chi connectivity index (χ1v) is 10.8. The number of nitrogens with one attached hydrogen (secondary N) is 2. The Balaban J connectivity index is 1.59. The van der Waals surface area contributed by atoms with Gasteiger partial charge in [-0.25, -0.2) is 13.1 Å². The molecule has 2 N–H and O–H groups in total. The highest BCUT2D eigenvalue weighted by Crippen LogP contribution is 2.32. The molecule has 0 spiro atoms. The second-order valence-electron chi connectivity index (χ2n) is 6.20. The van der Waals surface area contributed by atoms with E-state index in [1.54, 1.807) is 24.3 Å². The fourth-order valence-corrected chi connectivity index (χ4v) is 3.90. The number of hydrogen-bond donors (Lipinski definition) is 2. The molecular formula is C19H21ClN2O6S. The third-order valence-electron chi connectivity index (χ3n) is 4.11. The summed E-state index contributed by atoms with van der Waals surface area (Å²) < 4.78 is 43.6. The van der Waals surface area contributed by atoms with Crippen LogP contribution in [0.25, 0.3) is 0 Å². The van der Waals surface area contributed by atoms with Crippen molar-refractivity contribution in [3.8, 4) is 17.2 Å². The molecule has 0 radical (unpaired) electrons. The van der Waals surface area contributed by atoms with Gasteiger partial charge in [0.25, 0.3) is 0 Å². The molecule has 1 aliphatic rings. The molecule has 0 aromatic heterocycles. The van der Waals surface area contributed by atoms with Crippen LogP contribution in [0.2, 0.25) is 5.02 Å². The van der Waals surface area contributed by atoms with Crippen molar-refractivity contribution in [3.63, 3.8) is 0 Å². The summed E-state index contributed by atoms with van der Waals surface area (Å²) in [6.45, 7) is 0.895. The molecule has 3 rings (SSSR count). The molecule has 0 unspecified atom stereocenters. The topological polar surface area (TPSA) is 103 Å². The summed E-state index contributed by atoms with van der Waals surface area (Å²) in [5.41, 5.74) is 0.413. The number of hydrogen-bond acceptors (Lipinski definition) is 6. The number of halogens is 1. The molecule has 0 atom stereocenters. The van der Waals surface area contributed by atoms with Crippen molar-refractivity contribution in [2.75, 3.05) is 32.2 Å². The molecular weight excluding hydrogens is 420 g/mol. The Morgan fingerprint density at radius 1 is 1.14 bits per heavy atom. The van der Waals surface area contributed by atoms with E-state index in [1.807, 2.05) is 0 Å². The lowest BCUT2D eigenvalue weighted by molar-refractivity contribution is -0.116. The first kappa shape index (κ1) is 21.2. The van der Waals surface area contributed by atoms with Gasteiger partial charge in [0.2, 0.25) is 15.9 Å². The summed E-state index contributed by atoms with van der Waals surface area (Å²) in [6, 6.07) is 9.24. The van der Waals surface area contributed by atoms with Crippen molar-refractivity contribution in [1.29, 1.82) is 0 Å². The van der Waals surface area contributed by atoms with E-state index in [0.29, 0.717) is 41.2 Å². The van der Waals surface area contributed by atoms with Gasteiger partial charge in [-0.2, -0.15) is 0 Å². The van der Waals surface area contributed by atoms with Crippen LogP contribution in [-0.2, 0) is 14.8 Å². The molecule has 0 bridgehead atoms. The summed E-state index contributed by atoms with van der Waals surface area (Å²) in [4.78, 5) is 12.2. The van der Waals surface area contributed by atoms with Crippen LogP contribution in [0.3, 0.4) is 0 Å². The van der Waals surface area contributed by atoms with Crippen LogP contribution in [0.15, 0.2) is 41.3 Å². The number of rotatable bonds is 7. The number of methoxy groups -OCH3 is 1. The second kappa shape index (κ2) is 9.34. The molecule has 0 aliphatic carbocycles. The average molecular weight is 441 g/mol. The number of sulfonamides is 1. The van der Waals surface area contributed by atoms with Gasteiger partial charge in [0.1, 0.15) is 5.75 Å². The maximum Gasteiger partial charge on any atom is 0.240 e. The fourth-order valence-electron chi connectivity index (χ4n) is 2.68. The first-order chi connectivity index (χ1) is 13.9. The van der Waals surface area contributed by atoms with Gasteiger partial charge in [-0.1, -0.05) is 11.6 Å². The average Bonchev–Trinajstić information content (AvgIpc) is 2.93. The largest absolute Gasteiger partial charge is 0.495 e. The van der Waals surface area contributed by atoms with Crippen LogP contribution >= 0.6 is 11.6 Å². The lowest BCUT2D eigenvalue weighted by atomic mass is 10.2. The van der Waals surface area contributed by atoms with Gasteiger partial charge < -0.3 is 19.5 Å². The smallest absolute Gasteiger partial charge is 0.240 e. The minimum Gasteiger partial charge on any atom is -0.495 e. The first-order valence-electron chi connectivity index (χ1n) is 8.92. The summed E-state index contributed by atoms with van der Waals surface area (Å²) in [6.07, 6.45) is 0.654. The Hall–Kier alpha value is -2.49. The van der Waals surface area contributed by atoms with Gasteiger partial charge in [0.05, 0.1) is 30.9 Å². The van der Waals surface area contributed by atoms with Crippen molar-refractivity contribution in [2.24, 2.45) is 0 Å². The van der Waals surface area contributed by atoms with Gasteiger partial charge >= 0.3 is 0 Å². The van der Waals surface area contributed by atoms with Gasteiger partial charge in [0, 0.05) is 30.5 Å². The molecule has 0 saturated carbocycles. The summed E-state index contributed by atoms with van der Waals surface area (Å²) in [7, 11) is -2.33. The number of carbonyl (C=O) groups is 1. The molecule has 1 heterocycles. The zero-order valence-electron chi connectivity index (χ0n) is 15.7. The van der Waals surface area contributed by atoms with Crippen LogP contribution in [0.4, 0.5) is 5.69 Å². The molecule has 8 nitrogen and oxygen atoms in total. The van der Waals surface area contributed by atoms with Crippen LogP contribution in [0.5, 0.6) is 17.2 Å². The third kappa shape index (κ3) is 5.53. The van der Waals surface area contributed by atoms with Crippen molar-refractivity contribution in [2.45, 2.75) is 17.7 Å². The quantitative estimate of drug-likeness (QED) is 0.686. The van der Waals surface area contributed by atoms with E-state index >= 15 is 0 Å². The Bertz CT molecular complexity index is 996. The summed E-state index contributed by atoms with van der Waals surface area (Å²) in [5.74, 6) is 0.968. The molecule has 10 heteroatoms. The molecule has 0 fully saturated rings. The van der Waals surface area contributed by atoms with E-state index in [9.17, 15) is 13.2 Å². The molecule has 29 heavy (non-hydrogen) atoms. The zero-order chi connectivity index (χ0) is 20.9. The van der Waals surface area contributed by atoms with Gasteiger partial charge in [0.15, 0.2) is 11.5 Å². The highest BCUT2D eigenvalue weighted by Gasteiger charge is 2.19. The van der Waals surface area contributed by atoms with E-state index < -0.39 is 10.0 Å². The SMILES string of the molecule is COc1ccc(Cl)cc1NC(=O)CCNS(=O)(=O)c1ccc2c(c1)OCCCO2. The molecule has 2 aromatic carbocycles. The zero-order valence-corrected chi connectivity index (χ0v) is 17.3. The lowest BCUT2D eigenvalue weighted by Crippen LogP contribution is -2.28. The highest BCUT2D eigenvalue weighted by atomic mass is 35.5. The maximum atomic E-state index is 12.5. The van der Waals surface area contributed by atoms with Crippen molar-refractivity contribution < 1.29 is 27.4 Å². The van der Waals surface area contributed by atoms with E-state index in [-0.39, 0.29) is 23.8 Å². The number of fused-ring (bicyclic) bond motifs is 1. The van der Waals surface area contributed by atoms with Crippen molar-refractivity contribution in [3.05, 3.63) is 41.4 Å². The number of benzene rings is 2. The number of ether oxygens (including phenoxy) is 3. The second-order valence-corrected chi connectivity index (χ2v) is 8.40. The number of anilines is 1. The fraction of sp³-hybridized carbons (Fsp3) is 0.316. The van der Waals surface area contributed by atoms with Crippen LogP contribution in [0, 0.1) is 0 Å². The summed E-state index contributed by atoms with van der Waals surface area (Å²) >= 11 is 5.93. The van der Waals surface area contributed by atoms with Crippen molar-refractivity contribution >= 4 is 33.2 Å². The predicted molar refractivity (Wildman–Crippen MR) is 108 cm³/mol. The van der Waals surface area contributed by atoms with Gasteiger partial charge in [-0.15, -0.1) is 0 Å². The summed E-state index contributed by atoms with van der Waals surface area (Å²) in [5, 5.41) is 3.10. The van der Waals surface area contributed by atoms with Crippen LogP contribution in [-0.4, -0.2) is 41.2 Å². The molecule has 1 amide bonds. The Kier molecular flexibility index (Phi) is 6.83. The predicted octanol–water partition coefficient (Wildman–Crippen LogP) is 2.82. The Morgan fingerprint density at radius 2 is 1.90 bits per heavy atom. The van der Waals surface area contributed by atoms with E-state index in [1.165, 1.54) is 19.2 Å². The molecule has 0 saturated heterocycles. The monoisotopic (exact) mass is 440 g/mol. The maximum absolute atomic E-state index is 12.5. The van der Waals surface area contributed by atoms with E-state index in [0.717, 1.165) is 6.42 Å². The van der Waals surface area contributed by atoms with Crippen LogP contribution in [0.1, 0.15) is 12.8 Å². The number of carbonyl (C=O) groups excluding carboxylic acids is 1. The molecule has 2 aromatic rings. The van der Waals surface area contributed by atoms with Crippen LogP contribution < -0.4 is 24.2 Å². The van der Waals surface area contributed by atoms with E-state index in [2.05, 4.69) is 10.0 Å². The lowest BCUT2D eigenvalue weighted by Gasteiger charge is -2.12. The van der Waals surface area contributed by atoms with Crippen molar-refractivity contribution in [1.82, 2.24) is 4.72 Å². The standard InChI is InChI=1S/C19H21ClN2O6S/c1-26-16-5-3-13(20)11-15(16)22-19(23)7-8-21-29(24,25)14-4-6-17-18(12-14)28-10-2-9-27-17/h3-6,11-12,21H,2,7-10H2,1H3,(H,22,23). The normalized spacial score (nSPS) is 13.4. The molecule has 156 valence electrons. The number of amides is 1. The Morgan fingerprint density at radius 3 is 2.66 bits per heavy atom. The highest BCUT2D eigenvalue weighted by molar-refractivity contribution is 7.89. The van der Waals surface area contributed by atoms with E-state index in [4.69, 9.17) is 25.8 Å². The minimum absolute atomic E-state index is 0.0404.